The van der Waals surface area contributed by atoms with Crippen LogP contribution in [0, 0.1) is 0 Å². The summed E-state index contributed by atoms with van der Waals surface area (Å²) in [7, 11) is -3.17. The zero-order valence-corrected chi connectivity index (χ0v) is 14.5. The zero-order valence-electron chi connectivity index (χ0n) is 13.6. The number of anilines is 1. The van der Waals surface area contributed by atoms with Gasteiger partial charge in [0.25, 0.3) is 0 Å². The molecule has 1 aliphatic rings. The summed E-state index contributed by atoms with van der Waals surface area (Å²) >= 11 is 0. The maximum Gasteiger partial charge on any atom is 0.222 e. The molecule has 0 unspecified atom stereocenters. The minimum atomic E-state index is -3.17. The molecule has 7 nitrogen and oxygen atoms in total. The molecule has 0 saturated carbocycles. The Morgan fingerprint density at radius 2 is 2.04 bits per heavy atom. The normalized spacial score (nSPS) is 15.0. The van der Waals surface area contributed by atoms with Crippen molar-refractivity contribution in [1.82, 2.24) is 19.3 Å². The molecule has 3 rings (SSSR count). The van der Waals surface area contributed by atoms with E-state index < -0.39 is 10.0 Å². The first-order valence-corrected chi connectivity index (χ1v) is 9.64. The number of rotatable bonds is 6. The van der Waals surface area contributed by atoms with Crippen LogP contribution >= 0.6 is 0 Å². The Bertz CT molecular complexity index is 795. The molecule has 0 fully saturated rings. The van der Waals surface area contributed by atoms with Crippen molar-refractivity contribution in [3.63, 3.8) is 0 Å². The van der Waals surface area contributed by atoms with Crippen LogP contribution in [-0.2, 0) is 29.5 Å². The van der Waals surface area contributed by atoms with Gasteiger partial charge in [-0.2, -0.15) is 4.31 Å². The topological polar surface area (TPSA) is 88.1 Å². The monoisotopic (exact) mass is 347 g/mol. The van der Waals surface area contributed by atoms with E-state index in [1.807, 2.05) is 13.1 Å². The molecule has 2 aromatic rings. The van der Waals surface area contributed by atoms with Crippen molar-refractivity contribution in [2.45, 2.75) is 32.9 Å². The highest BCUT2D eigenvalue weighted by molar-refractivity contribution is 7.89. The van der Waals surface area contributed by atoms with Gasteiger partial charge in [0.1, 0.15) is 0 Å². The molecule has 3 heterocycles. The third-order valence-electron chi connectivity index (χ3n) is 4.05. The van der Waals surface area contributed by atoms with E-state index in [1.165, 1.54) is 5.56 Å². The van der Waals surface area contributed by atoms with Crippen molar-refractivity contribution >= 4 is 16.0 Å². The highest BCUT2D eigenvalue weighted by atomic mass is 32.2. The van der Waals surface area contributed by atoms with Gasteiger partial charge in [0, 0.05) is 44.4 Å². The number of fused-ring (bicyclic) bond motifs is 1. The minimum absolute atomic E-state index is 0.197. The summed E-state index contributed by atoms with van der Waals surface area (Å²) in [4.78, 5) is 12.6. The van der Waals surface area contributed by atoms with Crippen LogP contribution in [0.5, 0.6) is 0 Å². The average molecular weight is 347 g/mol. The first-order valence-electron chi connectivity index (χ1n) is 8.03. The fourth-order valence-electron chi connectivity index (χ4n) is 2.88. The Morgan fingerprint density at radius 3 is 2.79 bits per heavy atom. The summed E-state index contributed by atoms with van der Waals surface area (Å²) in [5.74, 6) is 0.764. The molecule has 0 atom stereocenters. The van der Waals surface area contributed by atoms with Crippen molar-refractivity contribution in [1.29, 1.82) is 0 Å². The summed E-state index contributed by atoms with van der Waals surface area (Å²) < 4.78 is 26.1. The van der Waals surface area contributed by atoms with Gasteiger partial charge in [-0.1, -0.05) is 6.92 Å². The van der Waals surface area contributed by atoms with Crippen molar-refractivity contribution in [2.75, 3.05) is 17.6 Å². The zero-order chi connectivity index (χ0) is 17.0. The number of hydrogen-bond acceptors (Lipinski definition) is 6. The summed E-state index contributed by atoms with van der Waals surface area (Å²) in [5.41, 5.74) is 3.22. The first-order chi connectivity index (χ1) is 11.6. The molecule has 2 aromatic heterocycles. The lowest BCUT2D eigenvalue weighted by Crippen LogP contribution is -2.37. The van der Waals surface area contributed by atoms with E-state index in [4.69, 9.17) is 0 Å². The maximum atomic E-state index is 12.3. The second kappa shape index (κ2) is 7.23. The minimum Gasteiger partial charge on any atom is -0.350 e. The van der Waals surface area contributed by atoms with Crippen molar-refractivity contribution in [2.24, 2.45) is 0 Å². The Balaban J connectivity index is 1.75. The van der Waals surface area contributed by atoms with Crippen LogP contribution < -0.4 is 5.32 Å². The quantitative estimate of drug-likeness (QED) is 0.853. The summed E-state index contributed by atoms with van der Waals surface area (Å²) in [6.45, 7) is 3.38. The molecule has 128 valence electrons. The molecular formula is C16H21N5O2S. The number of hydrogen-bond donors (Lipinski definition) is 1. The fraction of sp³-hybridized carbons (Fsp3) is 0.438. The van der Waals surface area contributed by atoms with Gasteiger partial charge in [-0.3, -0.25) is 4.98 Å². The molecule has 1 aliphatic heterocycles. The van der Waals surface area contributed by atoms with Gasteiger partial charge in [0.15, 0.2) is 0 Å². The SMILES string of the molecule is CCCS(=O)(=O)N1CCc2c(CNc3ncccn3)cncc2C1. The fourth-order valence-corrected chi connectivity index (χ4v) is 4.36. The molecule has 0 aliphatic carbocycles. The molecule has 0 amide bonds. The van der Waals surface area contributed by atoms with E-state index in [-0.39, 0.29) is 5.75 Å². The molecule has 0 aromatic carbocycles. The van der Waals surface area contributed by atoms with Gasteiger partial charge >= 0.3 is 0 Å². The number of aromatic nitrogens is 3. The largest absolute Gasteiger partial charge is 0.350 e. The van der Waals surface area contributed by atoms with Gasteiger partial charge < -0.3 is 5.32 Å². The Morgan fingerprint density at radius 1 is 1.25 bits per heavy atom. The number of sulfonamides is 1. The van der Waals surface area contributed by atoms with Crippen molar-refractivity contribution in [3.8, 4) is 0 Å². The summed E-state index contributed by atoms with van der Waals surface area (Å²) in [6, 6.07) is 1.77. The highest BCUT2D eigenvalue weighted by Crippen LogP contribution is 2.24. The van der Waals surface area contributed by atoms with Gasteiger partial charge in [0.05, 0.1) is 5.75 Å². The second-order valence-corrected chi connectivity index (χ2v) is 7.85. The Hall–Kier alpha value is -2.06. The molecular weight excluding hydrogens is 326 g/mol. The first kappa shape index (κ1) is 16.8. The van der Waals surface area contributed by atoms with Crippen molar-refractivity contribution < 1.29 is 8.42 Å². The average Bonchev–Trinajstić information content (AvgIpc) is 2.60. The lowest BCUT2D eigenvalue weighted by atomic mass is 9.98. The molecule has 8 heteroatoms. The molecule has 0 radical (unpaired) electrons. The van der Waals surface area contributed by atoms with Gasteiger partial charge in [-0.15, -0.1) is 0 Å². The lowest BCUT2D eigenvalue weighted by Gasteiger charge is -2.29. The molecule has 0 saturated heterocycles. The second-order valence-electron chi connectivity index (χ2n) is 5.76. The third kappa shape index (κ3) is 3.70. The van der Waals surface area contributed by atoms with Crippen molar-refractivity contribution in [3.05, 3.63) is 47.5 Å². The molecule has 0 spiro atoms. The number of nitrogens with zero attached hydrogens (tertiary/aromatic N) is 4. The van der Waals surface area contributed by atoms with Crippen LogP contribution in [-0.4, -0.2) is 40.0 Å². The standard InChI is InChI=1S/C16H21N5O2S/c1-2-8-24(22,23)21-7-4-15-13(9-17-10-14(15)12-21)11-20-16-18-5-3-6-19-16/h3,5-6,9-10H,2,4,7-8,11-12H2,1H3,(H,18,19,20). The van der Waals surface area contributed by atoms with Gasteiger partial charge in [-0.05, 0) is 35.6 Å². The molecule has 1 N–H and O–H groups in total. The predicted molar refractivity (Wildman–Crippen MR) is 91.8 cm³/mol. The van der Waals surface area contributed by atoms with E-state index in [9.17, 15) is 8.42 Å². The third-order valence-corrected chi connectivity index (χ3v) is 6.07. The molecule has 24 heavy (non-hydrogen) atoms. The van der Waals surface area contributed by atoms with Gasteiger partial charge in [0.2, 0.25) is 16.0 Å². The Kier molecular flexibility index (Phi) is 5.06. The predicted octanol–water partition coefficient (Wildman–Crippen LogP) is 1.58. The van der Waals surface area contributed by atoms with Crippen LogP contribution in [0.25, 0.3) is 0 Å². The maximum absolute atomic E-state index is 12.3. The van der Waals surface area contributed by atoms with Crippen LogP contribution in [0.2, 0.25) is 0 Å². The number of pyridine rings is 1. The van der Waals surface area contributed by atoms with E-state index in [2.05, 4.69) is 20.3 Å². The van der Waals surface area contributed by atoms with Crippen LogP contribution in [0.1, 0.15) is 30.0 Å². The van der Waals surface area contributed by atoms with E-state index in [0.717, 1.165) is 11.1 Å². The summed E-state index contributed by atoms with van der Waals surface area (Å²) in [5, 5.41) is 3.18. The van der Waals surface area contributed by atoms with Gasteiger partial charge in [-0.25, -0.2) is 18.4 Å². The Labute approximate surface area is 142 Å². The molecule has 0 bridgehead atoms. The van der Waals surface area contributed by atoms with Crippen LogP contribution in [0.4, 0.5) is 5.95 Å². The summed E-state index contributed by atoms with van der Waals surface area (Å²) in [6.07, 6.45) is 8.30. The van der Waals surface area contributed by atoms with E-state index in [1.54, 1.807) is 29.0 Å². The van der Waals surface area contributed by atoms with Crippen LogP contribution in [0.3, 0.4) is 0 Å². The van der Waals surface area contributed by atoms with E-state index >= 15 is 0 Å². The number of nitrogens with one attached hydrogen (secondary N) is 1. The van der Waals surface area contributed by atoms with E-state index in [0.29, 0.717) is 38.4 Å². The highest BCUT2D eigenvalue weighted by Gasteiger charge is 2.27. The van der Waals surface area contributed by atoms with Crippen LogP contribution in [0.15, 0.2) is 30.9 Å². The smallest absolute Gasteiger partial charge is 0.222 e. The lowest BCUT2D eigenvalue weighted by molar-refractivity contribution is 0.389.